The Bertz CT molecular complexity index is 745. The van der Waals surface area contributed by atoms with E-state index in [2.05, 4.69) is 73.5 Å². The van der Waals surface area contributed by atoms with E-state index < -0.39 is 0 Å². The number of allylic oxidation sites excluding steroid dienone is 1. The highest BCUT2D eigenvalue weighted by Crippen LogP contribution is 2.52. The van der Waals surface area contributed by atoms with Gasteiger partial charge in [0.1, 0.15) is 0 Å². The van der Waals surface area contributed by atoms with Crippen molar-refractivity contribution in [2.75, 3.05) is 0 Å². The number of fused-ring (bicyclic) bond motifs is 2. The zero-order valence-electron chi connectivity index (χ0n) is 12.9. The third-order valence-electron chi connectivity index (χ3n) is 6.03. The van der Waals surface area contributed by atoms with Crippen molar-refractivity contribution in [1.29, 1.82) is 0 Å². The fourth-order valence-corrected chi connectivity index (χ4v) is 4.72. The van der Waals surface area contributed by atoms with Gasteiger partial charge in [0, 0.05) is 25.0 Å². The number of aromatic nitrogens is 1. The molecule has 1 heteroatoms. The minimum atomic E-state index is 0.0159. The second-order valence-electron chi connectivity index (χ2n) is 6.60. The number of benzene rings is 1. The van der Waals surface area contributed by atoms with Gasteiger partial charge in [0.05, 0.1) is 11.0 Å². The lowest BCUT2D eigenvalue weighted by molar-refractivity contribution is -0.748. The number of aryl methyl sites for hydroxylation is 1. The molecule has 0 spiro atoms. The highest BCUT2D eigenvalue weighted by Gasteiger charge is 2.61. The lowest BCUT2D eigenvalue weighted by Gasteiger charge is -2.44. The fraction of sp³-hybridized carbons (Fsp3) is 0.350. The van der Waals surface area contributed by atoms with Gasteiger partial charge < -0.3 is 0 Å². The molecule has 0 radical (unpaired) electrons. The van der Waals surface area contributed by atoms with E-state index in [0.717, 1.165) is 19.3 Å². The van der Waals surface area contributed by atoms with E-state index >= 15 is 0 Å². The summed E-state index contributed by atoms with van der Waals surface area (Å²) in [6.45, 7) is 8.99. The van der Waals surface area contributed by atoms with Gasteiger partial charge in [-0.2, -0.15) is 4.57 Å². The van der Waals surface area contributed by atoms with Crippen molar-refractivity contribution in [2.24, 2.45) is 0 Å². The SMILES string of the molecule is C=CC12CCc3cccc([n+]31)-c1ccccc1C2(C)CC. The highest BCUT2D eigenvalue weighted by molar-refractivity contribution is 5.66. The molecular weight excluding hydrogens is 254 g/mol. The third kappa shape index (κ3) is 1.30. The first-order valence-electron chi connectivity index (χ1n) is 7.96. The molecule has 0 fully saturated rings. The van der Waals surface area contributed by atoms with Crippen molar-refractivity contribution in [2.45, 2.75) is 44.1 Å². The van der Waals surface area contributed by atoms with E-state index in [1.54, 1.807) is 0 Å². The molecule has 2 atom stereocenters. The van der Waals surface area contributed by atoms with E-state index in [9.17, 15) is 0 Å². The fourth-order valence-electron chi connectivity index (χ4n) is 4.72. The summed E-state index contributed by atoms with van der Waals surface area (Å²) in [5.41, 5.74) is 5.79. The average Bonchev–Trinajstić information content (AvgIpc) is 2.94. The maximum absolute atomic E-state index is 4.26. The van der Waals surface area contributed by atoms with Gasteiger partial charge in [-0.25, -0.2) is 0 Å². The number of nitrogens with zero attached hydrogens (tertiary/aromatic N) is 1. The molecule has 2 aliphatic rings. The van der Waals surface area contributed by atoms with Gasteiger partial charge in [-0.3, -0.25) is 0 Å². The molecule has 21 heavy (non-hydrogen) atoms. The average molecular weight is 276 g/mol. The molecule has 3 heterocycles. The first kappa shape index (κ1) is 12.8. The van der Waals surface area contributed by atoms with Gasteiger partial charge >= 0.3 is 0 Å². The quantitative estimate of drug-likeness (QED) is 0.573. The molecule has 0 bridgehead atoms. The van der Waals surface area contributed by atoms with E-state index in [-0.39, 0.29) is 11.0 Å². The highest BCUT2D eigenvalue weighted by atomic mass is 15.1. The minimum absolute atomic E-state index is 0.0159. The Morgan fingerprint density at radius 2 is 2.00 bits per heavy atom. The lowest BCUT2D eigenvalue weighted by Crippen LogP contribution is -2.66. The van der Waals surface area contributed by atoms with Gasteiger partial charge in [0.15, 0.2) is 11.2 Å². The summed E-state index contributed by atoms with van der Waals surface area (Å²) in [5, 5.41) is 0. The van der Waals surface area contributed by atoms with Gasteiger partial charge in [-0.15, -0.1) is 0 Å². The zero-order valence-corrected chi connectivity index (χ0v) is 12.9. The Morgan fingerprint density at radius 3 is 2.76 bits per heavy atom. The van der Waals surface area contributed by atoms with E-state index in [1.807, 2.05) is 0 Å². The predicted octanol–water partition coefficient (Wildman–Crippen LogP) is 4.15. The third-order valence-corrected chi connectivity index (χ3v) is 6.03. The second-order valence-corrected chi connectivity index (χ2v) is 6.60. The summed E-state index contributed by atoms with van der Waals surface area (Å²) in [7, 11) is 0. The normalized spacial score (nSPS) is 28.9. The van der Waals surface area contributed by atoms with E-state index in [0.29, 0.717) is 0 Å². The van der Waals surface area contributed by atoms with Crippen LogP contribution in [-0.2, 0) is 17.4 Å². The molecule has 4 rings (SSSR count). The van der Waals surface area contributed by atoms with Gasteiger partial charge in [-0.1, -0.05) is 31.7 Å². The van der Waals surface area contributed by atoms with Crippen molar-refractivity contribution in [1.82, 2.24) is 0 Å². The van der Waals surface area contributed by atoms with Crippen LogP contribution in [0.25, 0.3) is 11.3 Å². The predicted molar refractivity (Wildman–Crippen MR) is 86.2 cm³/mol. The Labute approximate surface area is 127 Å². The van der Waals surface area contributed by atoms with Crippen LogP contribution in [0.5, 0.6) is 0 Å². The van der Waals surface area contributed by atoms with Crippen LogP contribution in [0, 0.1) is 0 Å². The molecule has 0 amide bonds. The first-order valence-corrected chi connectivity index (χ1v) is 7.96. The Kier molecular flexibility index (Phi) is 2.48. The Balaban J connectivity index is 2.18. The van der Waals surface area contributed by atoms with Crippen LogP contribution >= 0.6 is 0 Å². The number of hydrogen-bond donors (Lipinski definition) is 0. The first-order chi connectivity index (χ1) is 10.2. The minimum Gasteiger partial charge on any atom is -0.186 e. The zero-order chi connectivity index (χ0) is 14.7. The molecule has 0 saturated carbocycles. The number of rotatable bonds is 2. The van der Waals surface area contributed by atoms with Gasteiger partial charge in [-0.05, 0) is 37.1 Å². The van der Waals surface area contributed by atoms with E-state index in [1.165, 1.54) is 22.5 Å². The molecule has 2 aliphatic heterocycles. The van der Waals surface area contributed by atoms with Crippen LogP contribution in [0.1, 0.15) is 37.9 Å². The van der Waals surface area contributed by atoms with Crippen molar-refractivity contribution in [3.8, 4) is 11.3 Å². The maximum Gasteiger partial charge on any atom is 0.213 e. The Morgan fingerprint density at radius 1 is 1.19 bits per heavy atom. The van der Waals surface area contributed by atoms with Crippen LogP contribution in [0.15, 0.2) is 55.1 Å². The molecule has 1 aromatic heterocycles. The largest absolute Gasteiger partial charge is 0.213 e. The molecule has 0 saturated heterocycles. The van der Waals surface area contributed by atoms with Crippen LogP contribution in [-0.4, -0.2) is 0 Å². The molecule has 0 N–H and O–H groups in total. The van der Waals surface area contributed by atoms with Crippen LogP contribution in [0.4, 0.5) is 0 Å². The molecule has 2 unspecified atom stereocenters. The van der Waals surface area contributed by atoms with Crippen molar-refractivity contribution in [3.63, 3.8) is 0 Å². The molecular formula is C20H22N+. The van der Waals surface area contributed by atoms with Gasteiger partial charge in [0.2, 0.25) is 5.69 Å². The molecule has 1 aromatic carbocycles. The maximum atomic E-state index is 4.26. The summed E-state index contributed by atoms with van der Waals surface area (Å²) in [5.74, 6) is 0. The molecule has 0 aliphatic carbocycles. The van der Waals surface area contributed by atoms with Crippen molar-refractivity contribution < 1.29 is 4.57 Å². The van der Waals surface area contributed by atoms with Crippen LogP contribution < -0.4 is 4.57 Å². The summed E-state index contributed by atoms with van der Waals surface area (Å²) in [4.78, 5) is 0. The smallest absolute Gasteiger partial charge is 0.186 e. The van der Waals surface area contributed by atoms with Crippen molar-refractivity contribution >= 4 is 0 Å². The lowest BCUT2D eigenvalue weighted by atomic mass is 9.60. The van der Waals surface area contributed by atoms with Crippen molar-refractivity contribution in [3.05, 3.63) is 66.4 Å². The van der Waals surface area contributed by atoms with Crippen LogP contribution in [0.3, 0.4) is 0 Å². The summed E-state index contributed by atoms with van der Waals surface area (Å²) in [6.07, 6.45) is 5.64. The summed E-state index contributed by atoms with van der Waals surface area (Å²) < 4.78 is 2.58. The molecule has 1 nitrogen and oxygen atoms in total. The standard InChI is InChI=1S/C20H22N/c1-4-19(3)17-11-7-6-10-16(17)18-12-8-9-15-13-14-20(19,5-2)21(15)18/h5-12H,2,4,13-14H2,1,3H3/q+1. The molecule has 2 aromatic rings. The number of pyridine rings is 1. The topological polar surface area (TPSA) is 3.88 Å². The number of hydrogen-bond acceptors (Lipinski definition) is 0. The second kappa shape index (κ2) is 4.07. The van der Waals surface area contributed by atoms with Crippen LogP contribution in [0.2, 0.25) is 0 Å². The molecule has 106 valence electrons. The summed E-state index contributed by atoms with van der Waals surface area (Å²) in [6, 6.07) is 15.7. The monoisotopic (exact) mass is 276 g/mol. The van der Waals surface area contributed by atoms with E-state index in [4.69, 9.17) is 0 Å². The Hall–Kier alpha value is -1.89. The summed E-state index contributed by atoms with van der Waals surface area (Å²) >= 11 is 0. The van der Waals surface area contributed by atoms with Gasteiger partial charge in [0.25, 0.3) is 0 Å².